The van der Waals surface area contributed by atoms with Gasteiger partial charge in [0.1, 0.15) is 6.07 Å². The number of nitriles is 1. The van der Waals surface area contributed by atoms with Crippen LogP contribution in [0, 0.1) is 11.3 Å². The molecule has 0 spiro atoms. The Labute approximate surface area is 84.3 Å². The molecule has 4 heteroatoms. The smallest absolute Gasteiger partial charge is 0.163 e. The van der Waals surface area contributed by atoms with E-state index >= 15 is 0 Å². The lowest BCUT2D eigenvalue weighted by Crippen LogP contribution is -2.02. The van der Waals surface area contributed by atoms with Crippen molar-refractivity contribution in [3.63, 3.8) is 0 Å². The molecular weight excluding hydrogens is 232 g/mol. The monoisotopic (exact) mass is 238 g/mol. The van der Waals surface area contributed by atoms with Crippen molar-refractivity contribution < 1.29 is 4.79 Å². The predicted octanol–water partition coefficient (Wildman–Crippen LogP) is 2.11. The lowest BCUT2D eigenvalue weighted by molar-refractivity contribution is 0.101. The number of halogens is 1. The van der Waals surface area contributed by atoms with Crippen molar-refractivity contribution in [3.05, 3.63) is 27.7 Å². The second-order valence-electron chi connectivity index (χ2n) is 2.59. The van der Waals surface area contributed by atoms with Gasteiger partial charge in [-0.25, -0.2) is 0 Å². The number of hydrogen-bond donors (Lipinski definition) is 1. The summed E-state index contributed by atoms with van der Waals surface area (Å²) in [6.45, 7) is 1.39. The van der Waals surface area contributed by atoms with Gasteiger partial charge >= 0.3 is 0 Å². The second kappa shape index (κ2) is 3.58. The van der Waals surface area contributed by atoms with Crippen molar-refractivity contribution in [3.8, 4) is 6.07 Å². The quantitative estimate of drug-likeness (QED) is 0.602. The largest absolute Gasteiger partial charge is 0.398 e. The fourth-order valence-corrected chi connectivity index (χ4v) is 1.58. The lowest BCUT2D eigenvalue weighted by atomic mass is 10.0. The number of carbonyl (C=O) groups is 1. The molecule has 0 saturated heterocycles. The van der Waals surface area contributed by atoms with E-state index in [1.165, 1.54) is 6.92 Å². The molecule has 0 saturated carbocycles. The summed E-state index contributed by atoms with van der Waals surface area (Å²) >= 11 is 3.19. The van der Waals surface area contributed by atoms with Gasteiger partial charge in [0, 0.05) is 10.2 Å². The number of nitrogens with zero attached hydrogens (tertiary/aromatic N) is 1. The normalized spacial score (nSPS) is 9.31. The third-order valence-corrected chi connectivity index (χ3v) is 2.06. The van der Waals surface area contributed by atoms with Crippen molar-refractivity contribution in [2.75, 3.05) is 5.73 Å². The van der Waals surface area contributed by atoms with Crippen molar-refractivity contribution in [2.45, 2.75) is 6.92 Å². The number of benzene rings is 1. The lowest BCUT2D eigenvalue weighted by Gasteiger charge is -2.04. The Morgan fingerprint density at radius 2 is 2.23 bits per heavy atom. The first kappa shape index (κ1) is 9.75. The molecule has 0 radical (unpaired) electrons. The third kappa shape index (κ3) is 1.87. The number of Topliss-reactive ketones (excluding diaryl/α,β-unsaturated/α-hetero) is 1. The Morgan fingerprint density at radius 3 is 2.69 bits per heavy atom. The number of nitrogen functional groups attached to an aromatic ring is 1. The van der Waals surface area contributed by atoms with Crippen LogP contribution in [0.15, 0.2) is 16.6 Å². The number of anilines is 1. The minimum Gasteiger partial charge on any atom is -0.398 e. The number of hydrogen-bond acceptors (Lipinski definition) is 3. The Bertz CT molecular complexity index is 407. The summed E-state index contributed by atoms with van der Waals surface area (Å²) in [5, 5.41) is 8.74. The predicted molar refractivity (Wildman–Crippen MR) is 53.3 cm³/mol. The van der Waals surface area contributed by atoms with Gasteiger partial charge in [0.05, 0.1) is 11.1 Å². The first-order valence-electron chi connectivity index (χ1n) is 3.56. The molecule has 0 aliphatic rings. The molecule has 66 valence electrons. The number of carbonyl (C=O) groups excluding carboxylic acids is 1. The summed E-state index contributed by atoms with van der Waals surface area (Å²) in [6.07, 6.45) is 0. The number of rotatable bonds is 1. The summed E-state index contributed by atoms with van der Waals surface area (Å²) in [4.78, 5) is 11.1. The average molecular weight is 239 g/mol. The molecule has 0 aliphatic carbocycles. The number of ketones is 1. The van der Waals surface area contributed by atoms with Gasteiger partial charge in [-0.15, -0.1) is 0 Å². The molecule has 0 aromatic heterocycles. The Kier molecular flexibility index (Phi) is 2.69. The topological polar surface area (TPSA) is 66.9 Å². The van der Waals surface area contributed by atoms with E-state index in [0.717, 1.165) is 0 Å². The zero-order chi connectivity index (χ0) is 10.0. The second-order valence-corrected chi connectivity index (χ2v) is 3.50. The summed E-state index contributed by atoms with van der Waals surface area (Å²) in [7, 11) is 0. The van der Waals surface area contributed by atoms with Crippen molar-refractivity contribution >= 4 is 27.4 Å². The Balaban J connectivity index is 3.50. The first-order valence-corrected chi connectivity index (χ1v) is 4.35. The van der Waals surface area contributed by atoms with Crippen LogP contribution in [0.25, 0.3) is 0 Å². The molecule has 1 rings (SSSR count). The van der Waals surface area contributed by atoms with Gasteiger partial charge in [0.25, 0.3) is 0 Å². The molecule has 2 N–H and O–H groups in total. The summed E-state index contributed by atoms with van der Waals surface area (Å²) in [6, 6.07) is 5.11. The van der Waals surface area contributed by atoms with Crippen molar-refractivity contribution in [1.29, 1.82) is 5.26 Å². The van der Waals surface area contributed by atoms with Gasteiger partial charge in [0.2, 0.25) is 0 Å². The minimum absolute atomic E-state index is 0.193. The van der Waals surface area contributed by atoms with E-state index in [1.54, 1.807) is 12.1 Å². The minimum atomic E-state index is -0.193. The van der Waals surface area contributed by atoms with Crippen LogP contribution in [-0.2, 0) is 0 Å². The highest BCUT2D eigenvalue weighted by Crippen LogP contribution is 2.23. The standard InChI is InChI=1S/C9H7BrN2O/c1-5(13)9-6(4-11)2-7(10)3-8(9)12/h2-3H,12H2,1H3. The maximum absolute atomic E-state index is 11.1. The van der Waals surface area contributed by atoms with Gasteiger partial charge in [-0.2, -0.15) is 5.26 Å². The molecular formula is C9H7BrN2O. The van der Waals surface area contributed by atoms with Crippen LogP contribution in [0.2, 0.25) is 0 Å². The summed E-state index contributed by atoms with van der Waals surface area (Å²) in [5.74, 6) is -0.193. The maximum atomic E-state index is 11.1. The Morgan fingerprint density at radius 1 is 1.62 bits per heavy atom. The van der Waals surface area contributed by atoms with Crippen LogP contribution >= 0.6 is 15.9 Å². The highest BCUT2D eigenvalue weighted by Gasteiger charge is 2.11. The first-order chi connectivity index (χ1) is 6.06. The van der Waals surface area contributed by atoms with E-state index in [2.05, 4.69) is 15.9 Å². The summed E-state index contributed by atoms with van der Waals surface area (Å²) < 4.78 is 0.701. The van der Waals surface area contributed by atoms with Gasteiger partial charge in [-0.05, 0) is 19.1 Å². The van der Waals surface area contributed by atoms with E-state index in [1.807, 2.05) is 6.07 Å². The molecule has 0 fully saturated rings. The molecule has 13 heavy (non-hydrogen) atoms. The molecule has 3 nitrogen and oxygen atoms in total. The maximum Gasteiger partial charge on any atom is 0.163 e. The van der Waals surface area contributed by atoms with E-state index in [9.17, 15) is 4.79 Å². The number of nitrogens with two attached hydrogens (primary N) is 1. The Hall–Kier alpha value is -1.34. The van der Waals surface area contributed by atoms with E-state index in [4.69, 9.17) is 11.0 Å². The third-order valence-electron chi connectivity index (χ3n) is 1.61. The van der Waals surface area contributed by atoms with Crippen LogP contribution < -0.4 is 5.73 Å². The highest BCUT2D eigenvalue weighted by molar-refractivity contribution is 9.10. The molecule has 1 aromatic carbocycles. The van der Waals surface area contributed by atoms with E-state index < -0.39 is 0 Å². The zero-order valence-electron chi connectivity index (χ0n) is 6.97. The fraction of sp³-hybridized carbons (Fsp3) is 0.111. The molecule has 0 bridgehead atoms. The van der Waals surface area contributed by atoms with Crippen LogP contribution in [-0.4, -0.2) is 5.78 Å². The van der Waals surface area contributed by atoms with Crippen LogP contribution in [0.1, 0.15) is 22.8 Å². The van der Waals surface area contributed by atoms with Gasteiger partial charge in [-0.1, -0.05) is 15.9 Å². The molecule has 0 aliphatic heterocycles. The molecule has 0 amide bonds. The summed E-state index contributed by atoms with van der Waals surface area (Å²) in [5.41, 5.74) is 6.53. The molecule has 0 atom stereocenters. The molecule has 0 unspecified atom stereocenters. The van der Waals surface area contributed by atoms with E-state index in [-0.39, 0.29) is 5.78 Å². The van der Waals surface area contributed by atoms with Gasteiger partial charge in [0.15, 0.2) is 5.78 Å². The van der Waals surface area contributed by atoms with Gasteiger partial charge < -0.3 is 5.73 Å². The SMILES string of the molecule is CC(=O)c1c(N)cc(Br)cc1C#N. The van der Waals surface area contributed by atoms with Crippen LogP contribution in [0.3, 0.4) is 0 Å². The van der Waals surface area contributed by atoms with Crippen molar-refractivity contribution in [1.82, 2.24) is 0 Å². The molecule has 0 heterocycles. The van der Waals surface area contributed by atoms with Crippen LogP contribution in [0.4, 0.5) is 5.69 Å². The van der Waals surface area contributed by atoms with Gasteiger partial charge in [-0.3, -0.25) is 4.79 Å². The fourth-order valence-electron chi connectivity index (χ4n) is 1.11. The van der Waals surface area contributed by atoms with E-state index in [0.29, 0.717) is 21.3 Å². The average Bonchev–Trinajstić information content (AvgIpc) is 2.01. The van der Waals surface area contributed by atoms with Crippen molar-refractivity contribution in [2.24, 2.45) is 0 Å². The highest BCUT2D eigenvalue weighted by atomic mass is 79.9. The molecule has 1 aromatic rings. The zero-order valence-corrected chi connectivity index (χ0v) is 8.55. The van der Waals surface area contributed by atoms with Crippen LogP contribution in [0.5, 0.6) is 0 Å².